The maximum atomic E-state index is 12.2. The molecule has 0 N–H and O–H groups in total. The summed E-state index contributed by atoms with van der Waals surface area (Å²) in [6.45, 7) is 4.42. The molecule has 0 saturated heterocycles. The molecule has 5 rings (SSSR count). The standard InChI is InChI=1S/C24H26N4O2/c1-14-12-28(3)23(29)10-18(14)20-11-25-15(2)26-24(20)30-13-17-9-19(17)22-8-7-16-5-4-6-21(16)27-22/h7-8,10-12,17,19H,4-6,9,13H2,1-3H3/t17?,19-/m1/s1. The predicted octanol–water partition coefficient (Wildman–Crippen LogP) is 3.53. The van der Waals surface area contributed by atoms with E-state index >= 15 is 0 Å². The van der Waals surface area contributed by atoms with Crippen molar-refractivity contribution in [2.45, 2.75) is 45.4 Å². The molecule has 1 saturated carbocycles. The van der Waals surface area contributed by atoms with Crippen LogP contribution in [0, 0.1) is 19.8 Å². The fraction of sp³-hybridized carbons (Fsp3) is 0.417. The van der Waals surface area contributed by atoms with Crippen LogP contribution in [-0.4, -0.2) is 26.1 Å². The molecular formula is C24H26N4O2. The van der Waals surface area contributed by atoms with Gasteiger partial charge in [-0.15, -0.1) is 0 Å². The summed E-state index contributed by atoms with van der Waals surface area (Å²) < 4.78 is 7.75. The van der Waals surface area contributed by atoms with Crippen LogP contribution in [0.4, 0.5) is 0 Å². The Morgan fingerprint density at radius 3 is 2.90 bits per heavy atom. The number of hydrogen-bond acceptors (Lipinski definition) is 5. The molecule has 0 radical (unpaired) electrons. The van der Waals surface area contributed by atoms with Crippen molar-refractivity contribution in [1.82, 2.24) is 19.5 Å². The van der Waals surface area contributed by atoms with Crippen molar-refractivity contribution in [2.75, 3.05) is 6.61 Å². The summed E-state index contributed by atoms with van der Waals surface area (Å²) in [5, 5.41) is 0. The number of aromatic nitrogens is 4. The van der Waals surface area contributed by atoms with Gasteiger partial charge in [0.25, 0.3) is 5.56 Å². The minimum Gasteiger partial charge on any atom is -0.477 e. The fourth-order valence-electron chi connectivity index (χ4n) is 4.42. The van der Waals surface area contributed by atoms with Crippen LogP contribution >= 0.6 is 0 Å². The van der Waals surface area contributed by atoms with Crippen molar-refractivity contribution >= 4 is 0 Å². The first-order valence-electron chi connectivity index (χ1n) is 10.6. The Labute approximate surface area is 176 Å². The third-order valence-corrected chi connectivity index (χ3v) is 6.28. The second-order valence-electron chi connectivity index (χ2n) is 8.56. The second-order valence-corrected chi connectivity index (χ2v) is 8.56. The molecule has 6 heteroatoms. The van der Waals surface area contributed by atoms with E-state index in [0.717, 1.165) is 36.0 Å². The highest BCUT2D eigenvalue weighted by atomic mass is 16.5. The van der Waals surface area contributed by atoms with Gasteiger partial charge in [0.1, 0.15) is 5.82 Å². The van der Waals surface area contributed by atoms with E-state index < -0.39 is 0 Å². The van der Waals surface area contributed by atoms with E-state index in [2.05, 4.69) is 22.1 Å². The lowest BCUT2D eigenvalue weighted by Crippen LogP contribution is -2.16. The first kappa shape index (κ1) is 19.0. The van der Waals surface area contributed by atoms with Crippen molar-refractivity contribution < 1.29 is 4.74 Å². The lowest BCUT2D eigenvalue weighted by Gasteiger charge is -2.13. The molecule has 3 aromatic rings. The van der Waals surface area contributed by atoms with Gasteiger partial charge in [-0.05, 0) is 62.3 Å². The Bertz CT molecular complexity index is 1180. The molecule has 1 unspecified atom stereocenters. The molecule has 1 fully saturated rings. The summed E-state index contributed by atoms with van der Waals surface area (Å²) in [6.07, 6.45) is 8.18. The van der Waals surface area contributed by atoms with Crippen molar-refractivity contribution in [3.63, 3.8) is 0 Å². The van der Waals surface area contributed by atoms with Crippen molar-refractivity contribution in [3.05, 3.63) is 69.3 Å². The molecule has 2 aliphatic carbocycles. The third kappa shape index (κ3) is 3.51. The number of pyridine rings is 2. The van der Waals surface area contributed by atoms with E-state index in [0.29, 0.717) is 30.1 Å². The van der Waals surface area contributed by atoms with Crippen molar-refractivity contribution in [2.24, 2.45) is 13.0 Å². The lowest BCUT2D eigenvalue weighted by molar-refractivity contribution is 0.285. The van der Waals surface area contributed by atoms with Gasteiger partial charge in [-0.3, -0.25) is 9.78 Å². The van der Waals surface area contributed by atoms with Gasteiger partial charge in [0, 0.05) is 48.7 Å². The quantitative estimate of drug-likeness (QED) is 0.653. The zero-order valence-corrected chi connectivity index (χ0v) is 17.7. The minimum absolute atomic E-state index is 0.0629. The number of fused-ring (bicyclic) bond motifs is 1. The van der Waals surface area contributed by atoms with Gasteiger partial charge in [0.15, 0.2) is 0 Å². The molecule has 6 nitrogen and oxygen atoms in total. The normalized spacial score (nSPS) is 19.6. The SMILES string of the molecule is Cc1ncc(-c2cc(=O)n(C)cc2C)c(OCC2C[C@H]2c2ccc3c(n2)CCC3)n1. The number of hydrogen-bond donors (Lipinski definition) is 0. The van der Waals surface area contributed by atoms with Gasteiger partial charge >= 0.3 is 0 Å². The molecule has 2 atom stereocenters. The Morgan fingerprint density at radius 1 is 1.17 bits per heavy atom. The Hall–Kier alpha value is -3.02. The van der Waals surface area contributed by atoms with Gasteiger partial charge in [-0.2, -0.15) is 4.98 Å². The monoisotopic (exact) mass is 402 g/mol. The van der Waals surface area contributed by atoms with Crippen molar-refractivity contribution in [1.29, 1.82) is 0 Å². The van der Waals surface area contributed by atoms with Crippen LogP contribution < -0.4 is 10.3 Å². The van der Waals surface area contributed by atoms with Crippen LogP contribution in [0.1, 0.15) is 47.1 Å². The molecule has 30 heavy (non-hydrogen) atoms. The molecule has 0 aromatic carbocycles. The smallest absolute Gasteiger partial charge is 0.250 e. The summed E-state index contributed by atoms with van der Waals surface area (Å²) in [5.74, 6) is 2.12. The summed E-state index contributed by atoms with van der Waals surface area (Å²) >= 11 is 0. The highest BCUT2D eigenvalue weighted by molar-refractivity contribution is 5.70. The molecule has 154 valence electrons. The largest absolute Gasteiger partial charge is 0.477 e. The molecule has 3 aromatic heterocycles. The predicted molar refractivity (Wildman–Crippen MR) is 115 cm³/mol. The number of nitrogens with zero attached hydrogens (tertiary/aromatic N) is 4. The van der Waals surface area contributed by atoms with Crippen LogP contribution in [0.3, 0.4) is 0 Å². The van der Waals surface area contributed by atoms with Crippen LogP contribution in [0.25, 0.3) is 11.1 Å². The molecule has 0 aliphatic heterocycles. The van der Waals surface area contributed by atoms with Gasteiger partial charge in [0.05, 0.1) is 12.2 Å². The average Bonchev–Trinajstić information content (AvgIpc) is 3.35. The Kier molecular flexibility index (Phi) is 4.65. The molecule has 2 aliphatic rings. The van der Waals surface area contributed by atoms with Gasteiger partial charge in [-0.25, -0.2) is 4.98 Å². The van der Waals surface area contributed by atoms with Crippen LogP contribution in [0.5, 0.6) is 5.88 Å². The fourth-order valence-corrected chi connectivity index (χ4v) is 4.42. The summed E-state index contributed by atoms with van der Waals surface area (Å²) in [7, 11) is 1.75. The highest BCUT2D eigenvalue weighted by Gasteiger charge is 2.40. The number of aryl methyl sites for hydroxylation is 5. The molecular weight excluding hydrogens is 376 g/mol. The first-order valence-corrected chi connectivity index (χ1v) is 10.6. The van der Waals surface area contributed by atoms with E-state index in [1.807, 2.05) is 20.0 Å². The zero-order valence-electron chi connectivity index (χ0n) is 17.7. The van der Waals surface area contributed by atoms with Gasteiger partial charge < -0.3 is 9.30 Å². The third-order valence-electron chi connectivity index (χ3n) is 6.28. The summed E-state index contributed by atoms with van der Waals surface area (Å²) in [5.41, 5.74) is 6.41. The maximum Gasteiger partial charge on any atom is 0.250 e. The van der Waals surface area contributed by atoms with E-state index in [9.17, 15) is 4.79 Å². The Morgan fingerprint density at radius 2 is 2.03 bits per heavy atom. The molecule has 3 heterocycles. The van der Waals surface area contributed by atoms with Crippen molar-refractivity contribution in [3.8, 4) is 17.0 Å². The van der Waals surface area contributed by atoms with Gasteiger partial charge in [0.2, 0.25) is 5.88 Å². The minimum atomic E-state index is -0.0629. The number of ether oxygens (including phenoxy) is 1. The highest BCUT2D eigenvalue weighted by Crippen LogP contribution is 2.47. The van der Waals surface area contributed by atoms with Crippen LogP contribution in [0.2, 0.25) is 0 Å². The second kappa shape index (κ2) is 7.35. The van der Waals surface area contributed by atoms with Crippen LogP contribution in [0.15, 0.2) is 35.4 Å². The number of rotatable bonds is 5. The van der Waals surface area contributed by atoms with E-state index in [4.69, 9.17) is 9.72 Å². The maximum absolute atomic E-state index is 12.2. The Balaban J connectivity index is 1.34. The molecule has 0 bridgehead atoms. The van der Waals surface area contributed by atoms with Crippen LogP contribution in [-0.2, 0) is 19.9 Å². The lowest BCUT2D eigenvalue weighted by atomic mass is 10.1. The van der Waals surface area contributed by atoms with Gasteiger partial charge in [-0.1, -0.05) is 6.07 Å². The molecule has 0 amide bonds. The molecule has 0 spiro atoms. The van der Waals surface area contributed by atoms with E-state index in [1.165, 1.54) is 23.4 Å². The first-order chi connectivity index (χ1) is 14.5. The summed E-state index contributed by atoms with van der Waals surface area (Å²) in [6, 6.07) is 6.08. The average molecular weight is 402 g/mol. The van der Waals surface area contributed by atoms with E-state index in [1.54, 1.807) is 23.9 Å². The topological polar surface area (TPSA) is 69.9 Å². The van der Waals surface area contributed by atoms with E-state index in [-0.39, 0.29) is 5.56 Å². The summed E-state index contributed by atoms with van der Waals surface area (Å²) in [4.78, 5) is 26.0. The zero-order chi connectivity index (χ0) is 20.8.